The molecule has 298 valence electrons. The van der Waals surface area contributed by atoms with Crippen LogP contribution in [0.25, 0.3) is 0 Å². The highest BCUT2D eigenvalue weighted by atomic mass is 31.2. The van der Waals surface area contributed by atoms with Crippen molar-refractivity contribution in [3.05, 3.63) is 36.5 Å². The standard InChI is InChI=1S/C40H73O10P/c1-3-5-7-9-11-13-15-16-17-18-19-20-21-22-24-26-28-30-32-40(44)50-38(34-42)36-48-51(45,46)47-35-37(33-41)49-39(43)31-29-27-25-23-14-12-10-8-6-4-2/h8,10,13,15,17-18,37-38,41-42H,3-7,9,11-12,14,16,19-36H2,1-2H3,(H,45,46)/b10-8-,15-13-,18-17-. The molecule has 3 unspecified atom stereocenters. The summed E-state index contributed by atoms with van der Waals surface area (Å²) in [5.41, 5.74) is 0. The fourth-order valence-corrected chi connectivity index (χ4v) is 5.99. The third kappa shape index (κ3) is 35.0. The van der Waals surface area contributed by atoms with Gasteiger partial charge < -0.3 is 24.6 Å². The van der Waals surface area contributed by atoms with E-state index in [0.29, 0.717) is 12.8 Å². The van der Waals surface area contributed by atoms with Gasteiger partial charge in [-0.15, -0.1) is 0 Å². The van der Waals surface area contributed by atoms with Gasteiger partial charge in [-0.25, -0.2) is 4.57 Å². The van der Waals surface area contributed by atoms with E-state index in [0.717, 1.165) is 77.0 Å². The topological polar surface area (TPSA) is 149 Å². The highest BCUT2D eigenvalue weighted by Gasteiger charge is 2.27. The molecule has 0 aromatic rings. The minimum atomic E-state index is -4.63. The Bertz CT molecular complexity index is 952. The molecule has 0 aliphatic carbocycles. The largest absolute Gasteiger partial charge is 0.472 e. The van der Waals surface area contributed by atoms with E-state index in [1.54, 1.807) is 0 Å². The van der Waals surface area contributed by atoms with Crippen molar-refractivity contribution in [1.29, 1.82) is 0 Å². The zero-order chi connectivity index (χ0) is 37.7. The van der Waals surface area contributed by atoms with E-state index in [9.17, 15) is 29.3 Å². The van der Waals surface area contributed by atoms with Crippen molar-refractivity contribution in [3.8, 4) is 0 Å². The van der Waals surface area contributed by atoms with Crippen molar-refractivity contribution in [2.24, 2.45) is 0 Å². The first-order valence-electron chi connectivity index (χ1n) is 19.9. The van der Waals surface area contributed by atoms with Gasteiger partial charge in [0.1, 0.15) is 12.2 Å². The average molecular weight is 745 g/mol. The zero-order valence-corrected chi connectivity index (χ0v) is 33.0. The zero-order valence-electron chi connectivity index (χ0n) is 32.1. The molecule has 0 aliphatic heterocycles. The van der Waals surface area contributed by atoms with Crippen molar-refractivity contribution < 1.29 is 47.8 Å². The van der Waals surface area contributed by atoms with Crippen LogP contribution in [0, 0.1) is 0 Å². The molecule has 0 spiro atoms. The van der Waals surface area contributed by atoms with Crippen molar-refractivity contribution in [2.45, 2.75) is 180 Å². The molecule has 10 nitrogen and oxygen atoms in total. The Morgan fingerprint density at radius 3 is 1.31 bits per heavy atom. The number of allylic oxidation sites excluding steroid dienone is 6. The van der Waals surface area contributed by atoms with E-state index >= 15 is 0 Å². The van der Waals surface area contributed by atoms with Crippen LogP contribution in [0.15, 0.2) is 36.5 Å². The number of aliphatic hydroxyl groups excluding tert-OH is 2. The summed E-state index contributed by atoms with van der Waals surface area (Å²) < 4.78 is 32.4. The number of phosphoric ester groups is 1. The van der Waals surface area contributed by atoms with Crippen LogP contribution >= 0.6 is 7.82 Å². The highest BCUT2D eigenvalue weighted by molar-refractivity contribution is 7.47. The van der Waals surface area contributed by atoms with E-state index in [2.05, 4.69) is 50.3 Å². The monoisotopic (exact) mass is 744 g/mol. The van der Waals surface area contributed by atoms with Gasteiger partial charge in [0.2, 0.25) is 0 Å². The molecule has 0 fully saturated rings. The van der Waals surface area contributed by atoms with Gasteiger partial charge in [-0.1, -0.05) is 127 Å². The lowest BCUT2D eigenvalue weighted by molar-refractivity contribution is -0.153. The summed E-state index contributed by atoms with van der Waals surface area (Å²) in [5.74, 6) is -1.04. The Labute approximate surface area is 310 Å². The lowest BCUT2D eigenvalue weighted by Crippen LogP contribution is -2.28. The molecule has 0 aliphatic rings. The molecular formula is C40H73O10P. The minimum Gasteiger partial charge on any atom is -0.457 e. The summed E-state index contributed by atoms with van der Waals surface area (Å²) in [6, 6.07) is 0. The van der Waals surface area contributed by atoms with Crippen molar-refractivity contribution in [3.63, 3.8) is 0 Å². The quantitative estimate of drug-likeness (QED) is 0.0243. The molecule has 0 bridgehead atoms. The Morgan fingerprint density at radius 1 is 0.529 bits per heavy atom. The molecule has 0 rings (SSSR count). The molecule has 0 aromatic carbocycles. The normalized spacial score (nSPS) is 14.4. The van der Waals surface area contributed by atoms with Gasteiger partial charge in [-0.05, 0) is 64.2 Å². The number of rotatable bonds is 37. The van der Waals surface area contributed by atoms with E-state index in [1.807, 2.05) is 0 Å². The van der Waals surface area contributed by atoms with E-state index in [4.69, 9.17) is 18.5 Å². The smallest absolute Gasteiger partial charge is 0.457 e. The third-order valence-electron chi connectivity index (χ3n) is 8.31. The number of carbonyl (C=O) groups excluding carboxylic acids is 2. The van der Waals surface area contributed by atoms with Crippen LogP contribution < -0.4 is 0 Å². The van der Waals surface area contributed by atoms with Crippen LogP contribution in [-0.2, 0) is 32.7 Å². The van der Waals surface area contributed by atoms with Gasteiger partial charge in [-0.2, -0.15) is 0 Å². The van der Waals surface area contributed by atoms with Gasteiger partial charge >= 0.3 is 19.8 Å². The van der Waals surface area contributed by atoms with E-state index in [-0.39, 0.29) is 12.8 Å². The molecule has 0 amide bonds. The molecule has 51 heavy (non-hydrogen) atoms. The summed E-state index contributed by atoms with van der Waals surface area (Å²) in [5, 5.41) is 19.1. The number of hydrogen-bond donors (Lipinski definition) is 3. The van der Waals surface area contributed by atoms with Crippen LogP contribution in [0.5, 0.6) is 0 Å². The van der Waals surface area contributed by atoms with Gasteiger partial charge in [0.25, 0.3) is 0 Å². The first-order valence-corrected chi connectivity index (χ1v) is 21.4. The summed E-state index contributed by atoms with van der Waals surface area (Å²) >= 11 is 0. The fraction of sp³-hybridized carbons (Fsp3) is 0.800. The third-order valence-corrected chi connectivity index (χ3v) is 9.26. The first kappa shape index (κ1) is 49.2. The molecule has 11 heteroatoms. The predicted octanol–water partition coefficient (Wildman–Crippen LogP) is 10.00. The molecular weight excluding hydrogens is 671 g/mol. The maximum absolute atomic E-state index is 12.3. The number of phosphoric acid groups is 1. The number of carbonyl (C=O) groups is 2. The Morgan fingerprint density at radius 2 is 0.902 bits per heavy atom. The second-order valence-corrected chi connectivity index (χ2v) is 14.7. The fourth-order valence-electron chi connectivity index (χ4n) is 5.20. The summed E-state index contributed by atoms with van der Waals surface area (Å²) in [6.07, 6.45) is 35.5. The van der Waals surface area contributed by atoms with Crippen molar-refractivity contribution in [1.82, 2.24) is 0 Å². The Kier molecular flexibility index (Phi) is 35.2. The first-order chi connectivity index (χ1) is 24.8. The number of ether oxygens (including phenoxy) is 2. The lowest BCUT2D eigenvalue weighted by Gasteiger charge is -2.20. The van der Waals surface area contributed by atoms with Crippen molar-refractivity contribution in [2.75, 3.05) is 26.4 Å². The molecule has 3 N–H and O–H groups in total. The molecule has 0 saturated carbocycles. The SMILES string of the molecule is CCC/C=C\CCCCCCCC(=O)OC(CO)COP(=O)(O)OCC(CO)OC(=O)CCCCCCCCC/C=C\C/C=C\CCCCCC. The maximum atomic E-state index is 12.3. The maximum Gasteiger partial charge on any atom is 0.472 e. The number of aliphatic hydroxyl groups is 2. The number of esters is 2. The predicted molar refractivity (Wildman–Crippen MR) is 205 cm³/mol. The van der Waals surface area contributed by atoms with E-state index in [1.165, 1.54) is 51.4 Å². The van der Waals surface area contributed by atoms with Crippen LogP contribution in [0.4, 0.5) is 0 Å². The van der Waals surface area contributed by atoms with Crippen LogP contribution in [0.3, 0.4) is 0 Å². The molecule has 0 saturated heterocycles. The average Bonchev–Trinajstić information content (AvgIpc) is 3.12. The second kappa shape index (κ2) is 36.5. The van der Waals surface area contributed by atoms with Gasteiger partial charge in [0.15, 0.2) is 0 Å². The molecule has 0 aromatic heterocycles. The summed E-state index contributed by atoms with van der Waals surface area (Å²) in [7, 11) is -4.63. The van der Waals surface area contributed by atoms with Crippen LogP contribution in [0.2, 0.25) is 0 Å². The molecule has 0 heterocycles. The van der Waals surface area contributed by atoms with Crippen LogP contribution in [0.1, 0.15) is 168 Å². The summed E-state index contributed by atoms with van der Waals surface area (Å²) in [6.45, 7) is 2.09. The Balaban J connectivity index is 3.96. The van der Waals surface area contributed by atoms with Gasteiger partial charge in [0.05, 0.1) is 26.4 Å². The Hall–Kier alpha value is -1.81. The van der Waals surface area contributed by atoms with Crippen LogP contribution in [-0.4, -0.2) is 65.7 Å². The minimum absolute atomic E-state index is 0.180. The van der Waals surface area contributed by atoms with Crippen molar-refractivity contribution >= 4 is 19.8 Å². The molecule has 0 radical (unpaired) electrons. The number of unbranched alkanes of at least 4 members (excludes halogenated alkanes) is 17. The summed E-state index contributed by atoms with van der Waals surface area (Å²) in [4.78, 5) is 34.3. The van der Waals surface area contributed by atoms with Gasteiger partial charge in [-0.3, -0.25) is 18.6 Å². The molecule has 3 atom stereocenters. The highest BCUT2D eigenvalue weighted by Crippen LogP contribution is 2.43. The van der Waals surface area contributed by atoms with Gasteiger partial charge in [0, 0.05) is 12.8 Å². The number of hydrogen-bond acceptors (Lipinski definition) is 9. The second-order valence-electron chi connectivity index (χ2n) is 13.3. The van der Waals surface area contributed by atoms with E-state index < -0.39 is 58.4 Å². The lowest BCUT2D eigenvalue weighted by atomic mass is 10.1.